The fourth-order valence-electron chi connectivity index (χ4n) is 3.29. The molecule has 32 heavy (non-hydrogen) atoms. The van der Waals surface area contributed by atoms with Crippen LogP contribution >= 0.6 is 34.4 Å². The third-order valence-electron chi connectivity index (χ3n) is 4.81. The van der Waals surface area contributed by atoms with Crippen molar-refractivity contribution in [1.29, 1.82) is 0 Å². The number of ether oxygens (including phenoxy) is 3. The van der Waals surface area contributed by atoms with Crippen LogP contribution in [0.2, 0.25) is 0 Å². The number of carbonyl (C=O) groups is 4. The van der Waals surface area contributed by atoms with E-state index in [0.29, 0.717) is 33.7 Å². The highest BCUT2D eigenvalue weighted by molar-refractivity contribution is 14.1. The largest absolute Gasteiger partial charge is 0.493 e. The first-order chi connectivity index (χ1) is 15.3. The molecule has 0 aromatic heterocycles. The van der Waals surface area contributed by atoms with Crippen molar-refractivity contribution in [3.05, 3.63) is 26.2 Å². The summed E-state index contributed by atoms with van der Waals surface area (Å²) in [6.07, 6.45) is 3.45. The van der Waals surface area contributed by atoms with E-state index in [-0.39, 0.29) is 30.6 Å². The SMILES string of the molecule is CCOC(=O)COc1c(I)cc(/C=C2\SC(=O)N(CC(=O)N3CCCC3)C2=O)cc1OC. The van der Waals surface area contributed by atoms with Crippen molar-refractivity contribution in [3.63, 3.8) is 0 Å². The van der Waals surface area contributed by atoms with E-state index in [4.69, 9.17) is 14.2 Å². The van der Waals surface area contributed by atoms with Crippen molar-refractivity contribution in [3.8, 4) is 11.5 Å². The quantitative estimate of drug-likeness (QED) is 0.266. The van der Waals surface area contributed by atoms with Crippen LogP contribution in [0, 0.1) is 3.57 Å². The van der Waals surface area contributed by atoms with Crippen LogP contribution in [0.15, 0.2) is 17.0 Å². The molecule has 9 nitrogen and oxygen atoms in total. The first kappa shape index (κ1) is 24.4. The summed E-state index contributed by atoms with van der Waals surface area (Å²) in [5.74, 6) is -0.459. The number of esters is 1. The van der Waals surface area contributed by atoms with Crippen LogP contribution in [-0.2, 0) is 19.1 Å². The number of carbonyl (C=O) groups excluding carboxylic acids is 4. The van der Waals surface area contributed by atoms with Gasteiger partial charge in [-0.05, 0) is 77.9 Å². The number of methoxy groups -OCH3 is 1. The van der Waals surface area contributed by atoms with Crippen LogP contribution in [0.25, 0.3) is 6.08 Å². The van der Waals surface area contributed by atoms with E-state index in [1.807, 2.05) is 22.6 Å². The summed E-state index contributed by atoms with van der Waals surface area (Å²) in [6, 6.07) is 3.39. The van der Waals surface area contributed by atoms with Gasteiger partial charge in [0.1, 0.15) is 6.54 Å². The zero-order valence-corrected chi connectivity index (χ0v) is 20.7. The third kappa shape index (κ3) is 5.74. The molecule has 3 amide bonds. The lowest BCUT2D eigenvalue weighted by Crippen LogP contribution is -2.40. The Balaban J connectivity index is 1.74. The second kappa shape index (κ2) is 11.0. The first-order valence-corrected chi connectivity index (χ1v) is 11.9. The molecule has 0 N–H and O–H groups in total. The van der Waals surface area contributed by atoms with Crippen molar-refractivity contribution in [2.45, 2.75) is 19.8 Å². The molecule has 2 aliphatic heterocycles. The van der Waals surface area contributed by atoms with Crippen molar-refractivity contribution in [1.82, 2.24) is 9.80 Å². The number of halogens is 1. The summed E-state index contributed by atoms with van der Waals surface area (Å²) < 4.78 is 16.4. The van der Waals surface area contributed by atoms with Crippen LogP contribution in [0.5, 0.6) is 11.5 Å². The average Bonchev–Trinajstić information content (AvgIpc) is 3.38. The van der Waals surface area contributed by atoms with E-state index in [1.54, 1.807) is 30.0 Å². The molecule has 2 fully saturated rings. The maximum Gasteiger partial charge on any atom is 0.344 e. The number of thioether (sulfide) groups is 1. The number of nitrogens with zero attached hydrogens (tertiary/aromatic N) is 2. The summed E-state index contributed by atoms with van der Waals surface area (Å²) in [6.45, 7) is 2.78. The number of imide groups is 1. The van der Waals surface area contributed by atoms with Gasteiger partial charge in [-0.15, -0.1) is 0 Å². The van der Waals surface area contributed by atoms with E-state index in [0.717, 1.165) is 29.5 Å². The zero-order valence-electron chi connectivity index (χ0n) is 17.7. The molecule has 172 valence electrons. The van der Waals surface area contributed by atoms with Gasteiger partial charge >= 0.3 is 5.97 Å². The molecule has 1 aromatic carbocycles. The second-order valence-electron chi connectivity index (χ2n) is 6.98. The Hall–Kier alpha value is -2.28. The molecule has 3 rings (SSSR count). The molecule has 2 saturated heterocycles. The van der Waals surface area contributed by atoms with Crippen LogP contribution in [0.1, 0.15) is 25.3 Å². The highest BCUT2D eigenvalue weighted by Crippen LogP contribution is 2.37. The predicted octanol–water partition coefficient (Wildman–Crippen LogP) is 2.90. The minimum atomic E-state index is -0.496. The summed E-state index contributed by atoms with van der Waals surface area (Å²) in [7, 11) is 1.46. The van der Waals surface area contributed by atoms with Gasteiger partial charge in [0.2, 0.25) is 5.91 Å². The number of benzene rings is 1. The lowest BCUT2D eigenvalue weighted by molar-refractivity contribution is -0.145. The molecule has 0 aliphatic carbocycles. The summed E-state index contributed by atoms with van der Waals surface area (Å²) in [4.78, 5) is 51.9. The third-order valence-corrected chi connectivity index (χ3v) is 6.52. The van der Waals surface area contributed by atoms with Crippen molar-refractivity contribution in [2.24, 2.45) is 0 Å². The van der Waals surface area contributed by atoms with Gasteiger partial charge in [0.25, 0.3) is 11.1 Å². The number of amides is 3. The van der Waals surface area contributed by atoms with Crippen molar-refractivity contribution < 1.29 is 33.4 Å². The van der Waals surface area contributed by atoms with Gasteiger partial charge in [-0.3, -0.25) is 19.3 Å². The van der Waals surface area contributed by atoms with Gasteiger partial charge < -0.3 is 19.1 Å². The molecule has 0 unspecified atom stereocenters. The molecule has 0 atom stereocenters. The molecular weight excluding hydrogens is 551 g/mol. The molecule has 0 radical (unpaired) electrons. The lowest BCUT2D eigenvalue weighted by atomic mass is 10.2. The molecule has 11 heteroatoms. The highest BCUT2D eigenvalue weighted by Gasteiger charge is 2.37. The number of hydrogen-bond acceptors (Lipinski definition) is 8. The van der Waals surface area contributed by atoms with E-state index in [1.165, 1.54) is 7.11 Å². The minimum absolute atomic E-state index is 0.217. The Bertz CT molecular complexity index is 960. The monoisotopic (exact) mass is 574 g/mol. The van der Waals surface area contributed by atoms with E-state index >= 15 is 0 Å². The Morgan fingerprint density at radius 1 is 1.22 bits per heavy atom. The number of rotatable bonds is 8. The normalized spacial score (nSPS) is 17.3. The Kier molecular flexibility index (Phi) is 8.40. The molecule has 2 aliphatic rings. The van der Waals surface area contributed by atoms with E-state index in [9.17, 15) is 19.2 Å². The first-order valence-electron chi connectivity index (χ1n) is 10.0. The smallest absolute Gasteiger partial charge is 0.344 e. The van der Waals surface area contributed by atoms with E-state index < -0.39 is 17.1 Å². The van der Waals surface area contributed by atoms with Crippen LogP contribution in [-0.4, -0.2) is 72.8 Å². The number of likely N-dealkylation sites (tertiary alicyclic amines) is 1. The van der Waals surface area contributed by atoms with Crippen molar-refractivity contribution in [2.75, 3.05) is 40.0 Å². The summed E-state index contributed by atoms with van der Waals surface area (Å²) >= 11 is 2.83. The Labute approximate surface area is 203 Å². The molecule has 0 bridgehead atoms. The highest BCUT2D eigenvalue weighted by atomic mass is 127. The van der Waals surface area contributed by atoms with Crippen LogP contribution in [0.4, 0.5) is 4.79 Å². The lowest BCUT2D eigenvalue weighted by Gasteiger charge is -2.18. The molecule has 2 heterocycles. The maximum atomic E-state index is 12.8. The summed E-state index contributed by atoms with van der Waals surface area (Å²) in [5, 5.41) is -0.468. The van der Waals surface area contributed by atoms with Gasteiger partial charge in [0.15, 0.2) is 18.1 Å². The summed E-state index contributed by atoms with van der Waals surface area (Å²) in [5.41, 5.74) is 0.617. The fourth-order valence-corrected chi connectivity index (χ4v) is 4.91. The van der Waals surface area contributed by atoms with Gasteiger partial charge in [-0.25, -0.2) is 4.79 Å². The van der Waals surface area contributed by atoms with Crippen molar-refractivity contribution >= 4 is 63.5 Å². The predicted molar refractivity (Wildman–Crippen MR) is 126 cm³/mol. The Morgan fingerprint density at radius 3 is 2.59 bits per heavy atom. The van der Waals surface area contributed by atoms with E-state index in [2.05, 4.69) is 0 Å². The number of hydrogen-bond donors (Lipinski definition) is 0. The average molecular weight is 574 g/mol. The van der Waals surface area contributed by atoms with Gasteiger partial charge in [0.05, 0.1) is 22.2 Å². The van der Waals surface area contributed by atoms with Gasteiger partial charge in [-0.1, -0.05) is 0 Å². The second-order valence-corrected chi connectivity index (χ2v) is 9.14. The minimum Gasteiger partial charge on any atom is -0.493 e. The van der Waals surface area contributed by atoms with Crippen LogP contribution < -0.4 is 9.47 Å². The molecule has 0 saturated carbocycles. The molecular formula is C21H23IN2O7S. The zero-order chi connectivity index (χ0) is 23.3. The maximum absolute atomic E-state index is 12.8. The topological polar surface area (TPSA) is 102 Å². The fraction of sp³-hybridized carbons (Fsp3) is 0.429. The van der Waals surface area contributed by atoms with Crippen LogP contribution in [0.3, 0.4) is 0 Å². The molecule has 0 spiro atoms. The van der Waals surface area contributed by atoms with Gasteiger partial charge in [0, 0.05) is 13.1 Å². The van der Waals surface area contributed by atoms with Gasteiger partial charge in [-0.2, -0.15) is 0 Å². The Morgan fingerprint density at radius 2 is 1.94 bits per heavy atom. The molecule has 1 aromatic rings. The standard InChI is InChI=1S/C21H23IN2O7S/c1-3-30-18(26)12-31-19-14(22)8-13(9-15(19)29-2)10-16-20(27)24(21(28)32-16)11-17(25)23-6-4-5-7-23/h8-10H,3-7,11-12H2,1-2H3/b16-10-.